The smallest absolute Gasteiger partial charge is 0.254 e. The topological polar surface area (TPSA) is 20.3 Å². The Morgan fingerprint density at radius 2 is 1.78 bits per heavy atom. The molecule has 1 amide bonds. The molecule has 0 aromatic heterocycles. The van der Waals surface area contributed by atoms with Gasteiger partial charge in [0, 0.05) is 18.7 Å². The maximum Gasteiger partial charge on any atom is 0.254 e. The average Bonchev–Trinajstić information content (AvgIpc) is 2.60. The molecule has 2 aromatic rings. The summed E-state index contributed by atoms with van der Waals surface area (Å²) in [7, 11) is 0. The molecule has 0 radical (unpaired) electrons. The minimum Gasteiger partial charge on any atom is -0.338 e. The quantitative estimate of drug-likeness (QED) is 0.822. The van der Waals surface area contributed by atoms with E-state index in [4.69, 9.17) is 0 Å². The Balaban J connectivity index is 1.73. The fourth-order valence-electron chi connectivity index (χ4n) is 3.41. The first-order valence-electron chi connectivity index (χ1n) is 8.65. The highest BCUT2D eigenvalue weighted by molar-refractivity contribution is 5.95. The third-order valence-electron chi connectivity index (χ3n) is 4.72. The number of aryl methyl sites for hydroxylation is 2. The zero-order valence-corrected chi connectivity index (χ0v) is 13.9. The molecule has 23 heavy (non-hydrogen) atoms. The van der Waals surface area contributed by atoms with Gasteiger partial charge in [0.1, 0.15) is 0 Å². The van der Waals surface area contributed by atoms with Crippen LogP contribution in [0, 0.1) is 5.92 Å². The lowest BCUT2D eigenvalue weighted by Crippen LogP contribution is -2.39. The van der Waals surface area contributed by atoms with E-state index in [1.165, 1.54) is 17.5 Å². The van der Waals surface area contributed by atoms with Crippen molar-refractivity contribution in [2.24, 2.45) is 5.92 Å². The largest absolute Gasteiger partial charge is 0.338 e. The monoisotopic (exact) mass is 307 g/mol. The first kappa shape index (κ1) is 15.8. The van der Waals surface area contributed by atoms with E-state index in [0.717, 1.165) is 37.9 Å². The highest BCUT2D eigenvalue weighted by atomic mass is 16.2. The number of amides is 1. The number of benzene rings is 2. The van der Waals surface area contributed by atoms with E-state index < -0.39 is 0 Å². The van der Waals surface area contributed by atoms with Gasteiger partial charge in [0.15, 0.2) is 0 Å². The second-order valence-corrected chi connectivity index (χ2v) is 6.64. The molecular weight excluding hydrogens is 282 g/mol. The second-order valence-electron chi connectivity index (χ2n) is 6.64. The minimum atomic E-state index is 0.209. The number of rotatable bonds is 4. The molecule has 1 fully saturated rings. The summed E-state index contributed by atoms with van der Waals surface area (Å²) < 4.78 is 0. The number of carbonyl (C=O) groups excluding carboxylic acids is 1. The summed E-state index contributed by atoms with van der Waals surface area (Å²) in [5, 5.41) is 0. The predicted molar refractivity (Wildman–Crippen MR) is 94.6 cm³/mol. The van der Waals surface area contributed by atoms with Crippen LogP contribution in [0.15, 0.2) is 54.6 Å². The molecule has 0 saturated carbocycles. The molecule has 0 aliphatic carbocycles. The van der Waals surface area contributed by atoms with Crippen molar-refractivity contribution in [3.05, 3.63) is 71.3 Å². The third-order valence-corrected chi connectivity index (χ3v) is 4.72. The zero-order chi connectivity index (χ0) is 16.1. The van der Waals surface area contributed by atoms with Crippen molar-refractivity contribution in [3.8, 4) is 0 Å². The van der Waals surface area contributed by atoms with E-state index in [0.29, 0.717) is 5.92 Å². The fraction of sp³-hybridized carbons (Fsp3) is 0.381. The molecular formula is C21H25NO. The maximum absolute atomic E-state index is 12.9. The minimum absolute atomic E-state index is 0.209. The van der Waals surface area contributed by atoms with Crippen LogP contribution in [-0.2, 0) is 12.8 Å². The Morgan fingerprint density at radius 1 is 1.04 bits per heavy atom. The number of carbonyl (C=O) groups is 1. The summed E-state index contributed by atoms with van der Waals surface area (Å²) in [5.41, 5.74) is 3.37. The van der Waals surface area contributed by atoms with Crippen LogP contribution in [0.25, 0.3) is 0 Å². The van der Waals surface area contributed by atoms with Crippen molar-refractivity contribution in [2.75, 3.05) is 13.1 Å². The molecule has 1 saturated heterocycles. The summed E-state index contributed by atoms with van der Waals surface area (Å²) in [6.07, 6.45) is 4.25. The van der Waals surface area contributed by atoms with Crippen LogP contribution in [-0.4, -0.2) is 23.9 Å². The molecule has 2 aromatic carbocycles. The van der Waals surface area contributed by atoms with Gasteiger partial charge in [-0.3, -0.25) is 4.79 Å². The lowest BCUT2D eigenvalue weighted by Gasteiger charge is -2.31. The summed E-state index contributed by atoms with van der Waals surface area (Å²) >= 11 is 0. The van der Waals surface area contributed by atoms with Crippen LogP contribution < -0.4 is 0 Å². The molecule has 2 nitrogen and oxygen atoms in total. The Bertz CT molecular complexity index is 650. The van der Waals surface area contributed by atoms with Gasteiger partial charge in [-0.15, -0.1) is 0 Å². The number of hydrogen-bond acceptors (Lipinski definition) is 1. The number of piperidine rings is 1. The van der Waals surface area contributed by atoms with Crippen LogP contribution in [0.1, 0.15) is 41.3 Å². The molecule has 1 aliphatic rings. The van der Waals surface area contributed by atoms with Gasteiger partial charge in [0.2, 0.25) is 0 Å². The average molecular weight is 307 g/mol. The molecule has 1 aliphatic heterocycles. The molecule has 0 N–H and O–H groups in total. The van der Waals surface area contributed by atoms with Gasteiger partial charge in [0.25, 0.3) is 5.91 Å². The molecule has 1 heterocycles. The number of hydrogen-bond donors (Lipinski definition) is 0. The predicted octanol–water partition coefficient (Wildman–Crippen LogP) is 4.34. The van der Waals surface area contributed by atoms with Crippen molar-refractivity contribution >= 4 is 5.91 Å². The van der Waals surface area contributed by atoms with E-state index in [2.05, 4.69) is 37.3 Å². The Morgan fingerprint density at radius 3 is 2.57 bits per heavy atom. The van der Waals surface area contributed by atoms with Gasteiger partial charge in [-0.1, -0.05) is 55.5 Å². The van der Waals surface area contributed by atoms with Crippen LogP contribution >= 0.6 is 0 Å². The van der Waals surface area contributed by atoms with Crippen molar-refractivity contribution in [3.63, 3.8) is 0 Å². The third kappa shape index (κ3) is 4.01. The molecule has 3 rings (SSSR count). The van der Waals surface area contributed by atoms with Crippen molar-refractivity contribution in [1.82, 2.24) is 4.90 Å². The van der Waals surface area contributed by atoms with E-state index >= 15 is 0 Å². The number of likely N-dealkylation sites (tertiary alicyclic amines) is 1. The molecule has 1 unspecified atom stereocenters. The lowest BCUT2D eigenvalue weighted by atomic mass is 9.96. The zero-order valence-electron chi connectivity index (χ0n) is 13.9. The maximum atomic E-state index is 12.9. The molecule has 0 bridgehead atoms. The van der Waals surface area contributed by atoms with E-state index in [9.17, 15) is 4.79 Å². The summed E-state index contributed by atoms with van der Waals surface area (Å²) in [5.74, 6) is 0.824. The van der Waals surface area contributed by atoms with Gasteiger partial charge in [-0.2, -0.15) is 0 Å². The second kappa shape index (κ2) is 7.45. The SMILES string of the molecule is CC1CCCN(C(=O)c2ccccc2CCc2ccccc2)C1. The Labute approximate surface area is 139 Å². The fourth-order valence-corrected chi connectivity index (χ4v) is 3.41. The van der Waals surface area contributed by atoms with Crippen LogP contribution in [0.3, 0.4) is 0 Å². The summed E-state index contributed by atoms with van der Waals surface area (Å²) in [6.45, 7) is 4.03. The standard InChI is InChI=1S/C21H25NO/c1-17-8-7-15-22(16-17)21(23)20-12-6-5-11-19(20)14-13-18-9-3-2-4-10-18/h2-6,9-12,17H,7-8,13-16H2,1H3. The van der Waals surface area contributed by atoms with Crippen LogP contribution in [0.2, 0.25) is 0 Å². The molecule has 1 atom stereocenters. The van der Waals surface area contributed by atoms with Crippen LogP contribution in [0.4, 0.5) is 0 Å². The highest BCUT2D eigenvalue weighted by Crippen LogP contribution is 2.20. The highest BCUT2D eigenvalue weighted by Gasteiger charge is 2.23. The van der Waals surface area contributed by atoms with Gasteiger partial charge >= 0.3 is 0 Å². The van der Waals surface area contributed by atoms with Crippen LogP contribution in [0.5, 0.6) is 0 Å². The first-order valence-corrected chi connectivity index (χ1v) is 8.65. The normalized spacial score (nSPS) is 18.0. The first-order chi connectivity index (χ1) is 11.2. The van der Waals surface area contributed by atoms with Gasteiger partial charge in [0.05, 0.1) is 0 Å². The summed E-state index contributed by atoms with van der Waals surface area (Å²) in [6, 6.07) is 18.6. The van der Waals surface area contributed by atoms with E-state index in [1.54, 1.807) is 0 Å². The van der Waals surface area contributed by atoms with E-state index in [1.807, 2.05) is 29.2 Å². The molecule has 2 heteroatoms. The number of nitrogens with zero attached hydrogens (tertiary/aromatic N) is 1. The van der Waals surface area contributed by atoms with Gasteiger partial charge in [-0.05, 0) is 48.8 Å². The Kier molecular flexibility index (Phi) is 5.12. The molecule has 0 spiro atoms. The lowest BCUT2D eigenvalue weighted by molar-refractivity contribution is 0.0682. The molecule has 120 valence electrons. The van der Waals surface area contributed by atoms with Crippen molar-refractivity contribution in [1.29, 1.82) is 0 Å². The van der Waals surface area contributed by atoms with Crippen molar-refractivity contribution < 1.29 is 4.79 Å². The van der Waals surface area contributed by atoms with Gasteiger partial charge < -0.3 is 4.90 Å². The van der Waals surface area contributed by atoms with E-state index in [-0.39, 0.29) is 5.91 Å². The Hall–Kier alpha value is -2.09. The van der Waals surface area contributed by atoms with Gasteiger partial charge in [-0.25, -0.2) is 0 Å². The summed E-state index contributed by atoms with van der Waals surface area (Å²) in [4.78, 5) is 14.9. The van der Waals surface area contributed by atoms with Crippen molar-refractivity contribution in [2.45, 2.75) is 32.6 Å².